The molecule has 0 aromatic heterocycles. The lowest BCUT2D eigenvalue weighted by atomic mass is 10.4. The molecule has 0 aromatic carbocycles. The summed E-state index contributed by atoms with van der Waals surface area (Å²) in [6.45, 7) is 3.01. The van der Waals surface area contributed by atoms with E-state index in [1.807, 2.05) is 11.8 Å². The topological polar surface area (TPSA) is 23.8 Å². The molecule has 1 rings (SSSR count). The molecule has 0 saturated carbocycles. The van der Waals surface area contributed by atoms with Gasteiger partial charge in [-0.3, -0.25) is 0 Å². The Bertz CT molecular complexity index is 144. The highest BCUT2D eigenvalue weighted by Crippen LogP contribution is 2.14. The van der Waals surface area contributed by atoms with Crippen molar-refractivity contribution < 1.29 is 4.48 Å². The van der Waals surface area contributed by atoms with Crippen molar-refractivity contribution in [2.24, 2.45) is 0 Å². The van der Waals surface area contributed by atoms with Gasteiger partial charge in [0, 0.05) is 11.5 Å². The minimum atomic E-state index is 0.681. The summed E-state index contributed by atoms with van der Waals surface area (Å²) in [5.41, 5.74) is 0. The molecule has 0 bridgehead atoms. The third kappa shape index (κ3) is 1.89. The highest BCUT2D eigenvalue weighted by Gasteiger charge is 2.23. The van der Waals surface area contributed by atoms with Gasteiger partial charge >= 0.3 is 0 Å². The summed E-state index contributed by atoms with van der Waals surface area (Å²) < 4.78 is 0.962. The molecule has 1 saturated heterocycles. The molecule has 1 aliphatic heterocycles. The predicted molar refractivity (Wildman–Crippen MR) is 43.7 cm³/mol. The maximum Gasteiger partial charge on any atom is 0.166 e. The van der Waals surface area contributed by atoms with Crippen molar-refractivity contribution in [2.45, 2.75) is 0 Å². The van der Waals surface area contributed by atoms with Crippen LogP contribution in [0.25, 0.3) is 0 Å². The first-order valence-electron chi connectivity index (χ1n) is 3.55. The van der Waals surface area contributed by atoms with Gasteiger partial charge in [0.2, 0.25) is 0 Å². The first-order chi connectivity index (χ1) is 4.77. The Morgan fingerprint density at radius 1 is 1.50 bits per heavy atom. The summed E-state index contributed by atoms with van der Waals surface area (Å²) in [6, 6.07) is 2.24. The fourth-order valence-electron chi connectivity index (χ4n) is 1.11. The van der Waals surface area contributed by atoms with Crippen LogP contribution in [-0.4, -0.2) is 42.7 Å². The fraction of sp³-hybridized carbons (Fsp3) is 0.857. The van der Waals surface area contributed by atoms with E-state index in [4.69, 9.17) is 5.26 Å². The second-order valence-electron chi connectivity index (χ2n) is 3.00. The van der Waals surface area contributed by atoms with Gasteiger partial charge in [0.25, 0.3) is 0 Å². The molecule has 1 fully saturated rings. The molecule has 0 aromatic rings. The fourth-order valence-corrected chi connectivity index (χ4v) is 2.46. The van der Waals surface area contributed by atoms with Gasteiger partial charge in [-0.2, -0.15) is 17.0 Å². The van der Waals surface area contributed by atoms with Crippen LogP contribution in [0.5, 0.6) is 0 Å². The summed E-state index contributed by atoms with van der Waals surface area (Å²) in [4.78, 5) is 0. The molecular formula is C7H13N2S+. The third-order valence-corrected chi connectivity index (χ3v) is 2.95. The van der Waals surface area contributed by atoms with E-state index in [1.54, 1.807) is 0 Å². The quantitative estimate of drug-likeness (QED) is 0.413. The predicted octanol–water partition coefficient (Wildman–Crippen LogP) is 0.703. The van der Waals surface area contributed by atoms with Crippen molar-refractivity contribution in [2.75, 3.05) is 38.2 Å². The molecule has 0 amide bonds. The molecule has 0 aliphatic carbocycles. The van der Waals surface area contributed by atoms with Gasteiger partial charge in [-0.05, 0) is 0 Å². The summed E-state index contributed by atoms with van der Waals surface area (Å²) in [6.07, 6.45) is 0. The molecule has 0 radical (unpaired) electrons. The molecule has 3 heteroatoms. The lowest BCUT2D eigenvalue weighted by Gasteiger charge is -2.34. The van der Waals surface area contributed by atoms with E-state index >= 15 is 0 Å². The molecular weight excluding hydrogens is 144 g/mol. The Labute approximate surface area is 66.4 Å². The second kappa shape index (κ2) is 3.27. The SMILES string of the molecule is C[N+]1(CC#N)CCSCC1. The van der Waals surface area contributed by atoms with Gasteiger partial charge < -0.3 is 4.48 Å². The van der Waals surface area contributed by atoms with E-state index < -0.39 is 0 Å². The van der Waals surface area contributed by atoms with Crippen LogP contribution in [-0.2, 0) is 0 Å². The van der Waals surface area contributed by atoms with Crippen LogP contribution in [0.4, 0.5) is 0 Å². The standard InChI is InChI=1S/C7H13N2S/c1-9(3-2-8)4-6-10-7-5-9/h3-7H2,1H3/q+1. The van der Waals surface area contributed by atoms with E-state index in [1.165, 1.54) is 11.5 Å². The first kappa shape index (κ1) is 7.90. The molecule has 1 heterocycles. The number of hydrogen-bond acceptors (Lipinski definition) is 2. The average molecular weight is 157 g/mol. The smallest absolute Gasteiger partial charge is 0.166 e. The zero-order valence-electron chi connectivity index (χ0n) is 6.34. The molecule has 2 nitrogen and oxygen atoms in total. The van der Waals surface area contributed by atoms with Crippen molar-refractivity contribution in [3.05, 3.63) is 0 Å². The Morgan fingerprint density at radius 3 is 2.60 bits per heavy atom. The maximum absolute atomic E-state index is 8.51. The highest BCUT2D eigenvalue weighted by atomic mass is 32.2. The zero-order valence-corrected chi connectivity index (χ0v) is 7.15. The van der Waals surface area contributed by atoms with E-state index in [0.717, 1.165) is 17.6 Å². The molecule has 56 valence electrons. The van der Waals surface area contributed by atoms with Crippen LogP contribution in [0.15, 0.2) is 0 Å². The summed E-state index contributed by atoms with van der Waals surface area (Å²) in [5.74, 6) is 2.44. The van der Waals surface area contributed by atoms with Gasteiger partial charge in [0.1, 0.15) is 6.07 Å². The summed E-state index contributed by atoms with van der Waals surface area (Å²) >= 11 is 2.00. The number of nitriles is 1. The van der Waals surface area contributed by atoms with E-state index in [9.17, 15) is 0 Å². The van der Waals surface area contributed by atoms with Gasteiger partial charge in [-0.1, -0.05) is 0 Å². The minimum Gasteiger partial charge on any atom is -0.313 e. The van der Waals surface area contributed by atoms with E-state index in [0.29, 0.717) is 6.54 Å². The molecule has 0 atom stereocenters. The van der Waals surface area contributed by atoms with Crippen LogP contribution in [0.3, 0.4) is 0 Å². The number of thioether (sulfide) groups is 1. The number of rotatable bonds is 1. The minimum absolute atomic E-state index is 0.681. The highest BCUT2D eigenvalue weighted by molar-refractivity contribution is 7.99. The lowest BCUT2D eigenvalue weighted by Crippen LogP contribution is -2.49. The Hall–Kier alpha value is -0.200. The van der Waals surface area contributed by atoms with Crippen molar-refractivity contribution in [1.82, 2.24) is 0 Å². The van der Waals surface area contributed by atoms with Crippen molar-refractivity contribution in [3.8, 4) is 6.07 Å². The van der Waals surface area contributed by atoms with Gasteiger partial charge in [0.05, 0.1) is 20.1 Å². The van der Waals surface area contributed by atoms with Crippen LogP contribution >= 0.6 is 11.8 Å². The number of quaternary nitrogens is 1. The third-order valence-electron chi connectivity index (χ3n) is 2.00. The summed E-state index contributed by atoms with van der Waals surface area (Å²) in [5, 5.41) is 8.51. The molecule has 0 spiro atoms. The van der Waals surface area contributed by atoms with E-state index in [-0.39, 0.29) is 0 Å². The van der Waals surface area contributed by atoms with Crippen molar-refractivity contribution >= 4 is 11.8 Å². The lowest BCUT2D eigenvalue weighted by molar-refractivity contribution is -0.899. The molecule has 10 heavy (non-hydrogen) atoms. The largest absolute Gasteiger partial charge is 0.313 e. The van der Waals surface area contributed by atoms with Gasteiger partial charge in [-0.25, -0.2) is 0 Å². The Morgan fingerprint density at radius 2 is 2.10 bits per heavy atom. The average Bonchev–Trinajstić information content (AvgIpc) is 1.89. The number of hydrogen-bond donors (Lipinski definition) is 0. The molecule has 0 unspecified atom stereocenters. The number of nitrogens with zero attached hydrogens (tertiary/aromatic N) is 2. The maximum atomic E-state index is 8.51. The molecule has 1 aliphatic rings. The van der Waals surface area contributed by atoms with Crippen LogP contribution in [0, 0.1) is 11.3 Å². The monoisotopic (exact) mass is 157 g/mol. The molecule has 0 N–H and O–H groups in total. The van der Waals surface area contributed by atoms with Crippen LogP contribution < -0.4 is 0 Å². The van der Waals surface area contributed by atoms with Gasteiger partial charge in [0.15, 0.2) is 6.54 Å². The second-order valence-corrected chi connectivity index (χ2v) is 4.22. The van der Waals surface area contributed by atoms with E-state index in [2.05, 4.69) is 13.1 Å². The van der Waals surface area contributed by atoms with Crippen LogP contribution in [0.1, 0.15) is 0 Å². The zero-order chi connectivity index (χ0) is 7.45. The Balaban J connectivity index is 2.42. The van der Waals surface area contributed by atoms with Crippen molar-refractivity contribution in [3.63, 3.8) is 0 Å². The summed E-state index contributed by atoms with van der Waals surface area (Å²) in [7, 11) is 2.17. The van der Waals surface area contributed by atoms with Crippen molar-refractivity contribution in [1.29, 1.82) is 5.26 Å². The first-order valence-corrected chi connectivity index (χ1v) is 4.71. The van der Waals surface area contributed by atoms with Gasteiger partial charge in [-0.15, -0.1) is 0 Å². The Kier molecular flexibility index (Phi) is 2.58. The normalized spacial score (nSPS) is 23.6. The van der Waals surface area contributed by atoms with Crippen LogP contribution in [0.2, 0.25) is 0 Å².